The number of amides is 1. The van der Waals surface area contributed by atoms with Gasteiger partial charge in [-0.25, -0.2) is 0 Å². The molecule has 34 heavy (non-hydrogen) atoms. The Kier molecular flexibility index (Phi) is 6.81. The van der Waals surface area contributed by atoms with Crippen LogP contribution < -0.4 is 19.5 Å². The highest BCUT2D eigenvalue weighted by molar-refractivity contribution is 7.79. The summed E-state index contributed by atoms with van der Waals surface area (Å²) < 4.78 is 40.6. The van der Waals surface area contributed by atoms with Crippen molar-refractivity contribution in [2.45, 2.75) is 37.4 Å². The number of carbonyl (C=O) groups is 1. The molecule has 0 radical (unpaired) electrons. The number of methoxy groups -OCH3 is 2. The Bertz CT molecular complexity index is 1260. The molecule has 3 aromatic rings. The molecule has 0 spiro atoms. The van der Waals surface area contributed by atoms with Crippen molar-refractivity contribution in [2.75, 3.05) is 26.1 Å². The van der Waals surface area contributed by atoms with Crippen LogP contribution in [0.4, 0.5) is 5.69 Å². The summed E-state index contributed by atoms with van der Waals surface area (Å²) in [5.74, 6) is 1.75. The van der Waals surface area contributed by atoms with Gasteiger partial charge in [0.15, 0.2) is 11.5 Å². The van der Waals surface area contributed by atoms with Gasteiger partial charge >= 0.3 is 0 Å². The van der Waals surface area contributed by atoms with E-state index in [1.54, 1.807) is 26.4 Å². The SMILES string of the molecule is COc1cc2cccc(CCC(COc3ccc4c(c3)C(C)(C)C(=O)N4)S(=O)[O-])c2cc1OC. The van der Waals surface area contributed by atoms with Gasteiger partial charge in [0.2, 0.25) is 5.91 Å². The van der Waals surface area contributed by atoms with E-state index < -0.39 is 21.7 Å². The number of ether oxygens (including phenoxy) is 3. The number of aryl methyl sites for hydroxylation is 1. The molecule has 180 valence electrons. The quantitative estimate of drug-likeness (QED) is 0.456. The summed E-state index contributed by atoms with van der Waals surface area (Å²) in [6.07, 6.45) is 0.963. The molecule has 2 unspecified atom stereocenters. The van der Waals surface area contributed by atoms with Gasteiger partial charge in [0.05, 0.1) is 24.9 Å². The van der Waals surface area contributed by atoms with Gasteiger partial charge in [0.1, 0.15) is 12.4 Å². The lowest BCUT2D eigenvalue weighted by Gasteiger charge is -2.21. The highest BCUT2D eigenvalue weighted by atomic mass is 32.2. The summed E-state index contributed by atoms with van der Waals surface area (Å²) in [7, 11) is 3.18. The average molecular weight is 483 g/mol. The molecule has 8 heteroatoms. The fourth-order valence-electron chi connectivity index (χ4n) is 4.27. The molecule has 1 N–H and O–H groups in total. The first-order valence-corrected chi connectivity index (χ1v) is 12.2. The standard InChI is InChI=1S/C26H29NO6S/c1-26(2)21-13-18(9-11-22(21)27-25(26)28)33-15-19(34(29)30)10-8-16-6-5-7-17-12-23(31-3)24(32-4)14-20(16)17/h5-7,9,11-14,19H,8,10,15H2,1-4H3,(H,27,28)(H,29,30)/p-1. The van der Waals surface area contributed by atoms with Gasteiger partial charge in [0, 0.05) is 5.69 Å². The van der Waals surface area contributed by atoms with Crippen LogP contribution >= 0.6 is 0 Å². The predicted octanol–water partition coefficient (Wildman–Crippen LogP) is 4.35. The van der Waals surface area contributed by atoms with Gasteiger partial charge in [0.25, 0.3) is 0 Å². The zero-order valence-corrected chi connectivity index (χ0v) is 20.5. The number of anilines is 1. The molecule has 2 atom stereocenters. The summed E-state index contributed by atoms with van der Waals surface area (Å²) in [5.41, 5.74) is 1.97. The summed E-state index contributed by atoms with van der Waals surface area (Å²) in [5, 5.41) is 4.16. The van der Waals surface area contributed by atoms with Crippen LogP contribution in [0.1, 0.15) is 31.4 Å². The summed E-state index contributed by atoms with van der Waals surface area (Å²) >= 11 is -2.30. The molecule has 0 bridgehead atoms. The first kappa shape index (κ1) is 24.0. The van der Waals surface area contributed by atoms with E-state index in [-0.39, 0.29) is 12.5 Å². The minimum atomic E-state index is -2.30. The Morgan fingerprint density at radius 3 is 2.50 bits per heavy atom. The van der Waals surface area contributed by atoms with Crippen molar-refractivity contribution in [3.8, 4) is 17.2 Å². The highest BCUT2D eigenvalue weighted by Crippen LogP contribution is 2.39. The smallest absolute Gasteiger partial charge is 0.234 e. The molecule has 0 saturated carbocycles. The largest absolute Gasteiger partial charge is 0.772 e. The fourth-order valence-corrected chi connectivity index (χ4v) is 4.76. The van der Waals surface area contributed by atoms with Crippen molar-refractivity contribution >= 4 is 33.4 Å². The third-order valence-electron chi connectivity index (χ3n) is 6.40. The van der Waals surface area contributed by atoms with Crippen LogP contribution in [-0.4, -0.2) is 40.7 Å². The van der Waals surface area contributed by atoms with Crippen LogP contribution in [0.2, 0.25) is 0 Å². The van der Waals surface area contributed by atoms with E-state index in [9.17, 15) is 13.6 Å². The predicted molar refractivity (Wildman–Crippen MR) is 132 cm³/mol. The van der Waals surface area contributed by atoms with Gasteiger partial charge in [-0.3, -0.25) is 9.00 Å². The Morgan fingerprint density at radius 1 is 1.06 bits per heavy atom. The van der Waals surface area contributed by atoms with E-state index in [4.69, 9.17) is 14.2 Å². The molecular formula is C26H28NO6S-. The monoisotopic (exact) mass is 482 g/mol. The highest BCUT2D eigenvalue weighted by Gasteiger charge is 2.38. The number of benzene rings is 3. The van der Waals surface area contributed by atoms with E-state index in [0.717, 1.165) is 27.6 Å². The van der Waals surface area contributed by atoms with Crippen molar-refractivity contribution in [2.24, 2.45) is 0 Å². The fraction of sp³-hybridized carbons (Fsp3) is 0.346. The molecule has 0 aromatic heterocycles. The lowest BCUT2D eigenvalue weighted by atomic mass is 9.86. The van der Waals surface area contributed by atoms with Gasteiger partial charge in [-0.15, -0.1) is 0 Å². The molecule has 0 saturated heterocycles. The Balaban J connectivity index is 1.48. The molecule has 1 heterocycles. The normalized spacial score (nSPS) is 16.0. The molecule has 7 nitrogen and oxygen atoms in total. The lowest BCUT2D eigenvalue weighted by molar-refractivity contribution is -0.119. The third kappa shape index (κ3) is 4.60. The maximum atomic E-state index is 12.2. The van der Waals surface area contributed by atoms with E-state index in [1.165, 1.54) is 0 Å². The summed E-state index contributed by atoms with van der Waals surface area (Å²) in [4.78, 5) is 12.2. The zero-order chi connectivity index (χ0) is 24.5. The van der Waals surface area contributed by atoms with Crippen LogP contribution in [0, 0.1) is 0 Å². The van der Waals surface area contributed by atoms with Crippen molar-refractivity contribution in [1.29, 1.82) is 0 Å². The minimum absolute atomic E-state index is 0.0264. The topological polar surface area (TPSA) is 96.9 Å². The van der Waals surface area contributed by atoms with E-state index in [2.05, 4.69) is 5.32 Å². The molecule has 1 aliphatic heterocycles. The molecule has 4 rings (SSSR count). The number of rotatable bonds is 9. The van der Waals surface area contributed by atoms with E-state index in [0.29, 0.717) is 30.1 Å². The van der Waals surface area contributed by atoms with Crippen LogP contribution in [0.15, 0.2) is 48.5 Å². The first-order chi connectivity index (χ1) is 16.2. The molecule has 1 aliphatic rings. The Morgan fingerprint density at radius 2 is 1.79 bits per heavy atom. The van der Waals surface area contributed by atoms with Crippen molar-refractivity contribution < 1.29 is 27.8 Å². The van der Waals surface area contributed by atoms with Gasteiger partial charge in [-0.2, -0.15) is 0 Å². The molecule has 3 aromatic carbocycles. The van der Waals surface area contributed by atoms with Gasteiger partial charge in [-0.05, 0) is 90.0 Å². The minimum Gasteiger partial charge on any atom is -0.772 e. The zero-order valence-electron chi connectivity index (χ0n) is 19.7. The van der Waals surface area contributed by atoms with Crippen LogP contribution in [0.25, 0.3) is 10.8 Å². The Hall–Kier alpha value is -3.10. The second-order valence-corrected chi connectivity index (χ2v) is 10.1. The molecule has 0 fully saturated rings. The molecule has 0 aliphatic carbocycles. The van der Waals surface area contributed by atoms with Crippen LogP contribution in [0.5, 0.6) is 17.2 Å². The number of fused-ring (bicyclic) bond motifs is 2. The molecule has 1 amide bonds. The maximum Gasteiger partial charge on any atom is 0.234 e. The second-order valence-electron chi connectivity index (χ2n) is 8.86. The number of hydrogen-bond donors (Lipinski definition) is 1. The Labute approximate surface area is 201 Å². The van der Waals surface area contributed by atoms with Crippen molar-refractivity contribution in [3.05, 3.63) is 59.7 Å². The maximum absolute atomic E-state index is 12.2. The van der Waals surface area contributed by atoms with E-state index >= 15 is 0 Å². The number of hydrogen-bond acceptors (Lipinski definition) is 6. The average Bonchev–Trinajstić information content (AvgIpc) is 3.05. The summed E-state index contributed by atoms with van der Waals surface area (Å²) in [6.45, 7) is 3.73. The van der Waals surface area contributed by atoms with Crippen molar-refractivity contribution in [1.82, 2.24) is 0 Å². The first-order valence-electron chi connectivity index (χ1n) is 11.0. The van der Waals surface area contributed by atoms with Crippen LogP contribution in [-0.2, 0) is 27.7 Å². The molecular weight excluding hydrogens is 454 g/mol. The second kappa shape index (κ2) is 9.64. The van der Waals surface area contributed by atoms with Crippen molar-refractivity contribution in [3.63, 3.8) is 0 Å². The number of nitrogens with one attached hydrogen (secondary N) is 1. The van der Waals surface area contributed by atoms with Gasteiger partial charge in [-0.1, -0.05) is 18.2 Å². The van der Waals surface area contributed by atoms with Gasteiger partial charge < -0.3 is 24.1 Å². The van der Waals surface area contributed by atoms with E-state index in [1.807, 2.05) is 50.2 Å². The number of carbonyl (C=O) groups excluding carboxylic acids is 1. The lowest BCUT2D eigenvalue weighted by Crippen LogP contribution is -2.27. The summed E-state index contributed by atoms with van der Waals surface area (Å²) in [6, 6.07) is 15.1. The third-order valence-corrected chi connectivity index (χ3v) is 7.31. The van der Waals surface area contributed by atoms with Crippen LogP contribution in [0.3, 0.4) is 0 Å².